The molecule has 82 valence electrons. The van der Waals surface area contributed by atoms with E-state index in [1.807, 2.05) is 0 Å². The third-order valence-corrected chi connectivity index (χ3v) is 2.04. The molecule has 0 saturated carbocycles. The Morgan fingerprint density at radius 1 is 1.67 bits per heavy atom. The monoisotopic (exact) mass is 274 g/mol. The Morgan fingerprint density at radius 2 is 2.33 bits per heavy atom. The largest absolute Gasteiger partial charge is 0.488 e. The van der Waals surface area contributed by atoms with Gasteiger partial charge in [-0.1, -0.05) is 22.5 Å². The summed E-state index contributed by atoms with van der Waals surface area (Å²) in [6.07, 6.45) is -0.691. The van der Waals surface area contributed by atoms with Gasteiger partial charge in [0, 0.05) is 16.1 Å². The molecule has 0 fully saturated rings. The van der Waals surface area contributed by atoms with E-state index in [0.717, 1.165) is 0 Å². The van der Waals surface area contributed by atoms with Gasteiger partial charge in [0.25, 0.3) is 0 Å². The summed E-state index contributed by atoms with van der Waals surface area (Å²) in [6, 6.07) is 4.04. The maximum atomic E-state index is 12.9. The molecule has 1 unspecified atom stereocenters. The van der Waals surface area contributed by atoms with Crippen molar-refractivity contribution in [3.63, 3.8) is 0 Å². The molecule has 0 aliphatic carbocycles. The summed E-state index contributed by atoms with van der Waals surface area (Å²) in [5.41, 5.74) is 0.560. The first-order valence-corrected chi connectivity index (χ1v) is 5.23. The lowest BCUT2D eigenvalue weighted by Crippen LogP contribution is -2.02. The van der Waals surface area contributed by atoms with Crippen molar-refractivity contribution in [2.75, 3.05) is 6.61 Å². The molecule has 0 aromatic heterocycles. The van der Waals surface area contributed by atoms with Crippen LogP contribution in [0.25, 0.3) is 0 Å². The minimum Gasteiger partial charge on any atom is -0.488 e. The number of hydrogen-bond acceptors (Lipinski definition) is 2. The first-order valence-electron chi connectivity index (χ1n) is 4.44. The number of aliphatic hydroxyl groups excluding tert-OH is 1. The van der Waals surface area contributed by atoms with Crippen molar-refractivity contribution in [2.45, 2.75) is 13.0 Å². The van der Waals surface area contributed by atoms with E-state index in [0.29, 0.717) is 15.8 Å². The molecule has 0 heterocycles. The summed E-state index contributed by atoms with van der Waals surface area (Å²) in [5.74, 6) is -0.0554. The molecule has 1 rings (SSSR count). The number of halogens is 2. The number of aliphatic hydroxyl groups is 1. The van der Waals surface area contributed by atoms with Crippen LogP contribution in [0.3, 0.4) is 0 Å². The van der Waals surface area contributed by atoms with Crippen LogP contribution in [-0.4, -0.2) is 11.7 Å². The zero-order chi connectivity index (χ0) is 11.4. The van der Waals surface area contributed by atoms with Gasteiger partial charge in [-0.3, -0.25) is 0 Å². The maximum Gasteiger partial charge on any atom is 0.128 e. The molecule has 0 spiro atoms. The molecule has 0 aliphatic heterocycles. The summed E-state index contributed by atoms with van der Waals surface area (Å²) in [6.45, 7) is 5.44. The molecule has 15 heavy (non-hydrogen) atoms. The van der Waals surface area contributed by atoms with Gasteiger partial charge in [-0.05, 0) is 19.1 Å². The van der Waals surface area contributed by atoms with Gasteiger partial charge >= 0.3 is 0 Å². The molecule has 4 heteroatoms. The van der Waals surface area contributed by atoms with Crippen molar-refractivity contribution in [3.05, 3.63) is 40.6 Å². The lowest BCUT2D eigenvalue weighted by molar-refractivity contribution is 0.192. The van der Waals surface area contributed by atoms with Gasteiger partial charge in [0.1, 0.15) is 18.2 Å². The van der Waals surface area contributed by atoms with Crippen LogP contribution < -0.4 is 4.74 Å². The van der Waals surface area contributed by atoms with Gasteiger partial charge in [0.05, 0.1) is 6.10 Å². The SMILES string of the molecule is C=C(Br)COc1cc(F)ccc1C(C)O. The van der Waals surface area contributed by atoms with Gasteiger partial charge < -0.3 is 9.84 Å². The van der Waals surface area contributed by atoms with Crippen LogP contribution in [0.4, 0.5) is 4.39 Å². The molecular formula is C11H12BrFO2. The zero-order valence-corrected chi connectivity index (χ0v) is 9.92. The average Bonchev–Trinajstić information content (AvgIpc) is 2.14. The van der Waals surface area contributed by atoms with Crippen LogP contribution in [0.15, 0.2) is 29.3 Å². The minimum atomic E-state index is -0.691. The van der Waals surface area contributed by atoms with E-state index in [2.05, 4.69) is 22.5 Å². The van der Waals surface area contributed by atoms with Crippen LogP contribution >= 0.6 is 15.9 Å². The normalized spacial score (nSPS) is 12.3. The fourth-order valence-electron chi connectivity index (χ4n) is 1.13. The van der Waals surface area contributed by atoms with Gasteiger partial charge in [-0.15, -0.1) is 0 Å². The van der Waals surface area contributed by atoms with Gasteiger partial charge in [-0.25, -0.2) is 4.39 Å². The number of benzene rings is 1. The lowest BCUT2D eigenvalue weighted by Gasteiger charge is -2.12. The Labute approximate surface area is 96.5 Å². The second kappa shape index (κ2) is 5.28. The quantitative estimate of drug-likeness (QED) is 0.914. The average molecular weight is 275 g/mol. The standard InChI is InChI=1S/C11H12BrFO2/c1-7(12)6-15-11-5-9(13)3-4-10(11)8(2)14/h3-5,8,14H,1,6H2,2H3. The van der Waals surface area contributed by atoms with E-state index < -0.39 is 11.9 Å². The summed E-state index contributed by atoms with van der Waals surface area (Å²) in [7, 11) is 0. The third kappa shape index (κ3) is 3.64. The Kier molecular flexibility index (Phi) is 4.29. The molecule has 1 aromatic carbocycles. The second-order valence-electron chi connectivity index (χ2n) is 3.16. The van der Waals surface area contributed by atoms with E-state index in [4.69, 9.17) is 4.74 Å². The molecule has 0 radical (unpaired) electrons. The Morgan fingerprint density at radius 3 is 2.87 bits per heavy atom. The minimum absolute atomic E-state index is 0.239. The molecule has 1 atom stereocenters. The van der Waals surface area contributed by atoms with Crippen molar-refractivity contribution >= 4 is 15.9 Å². The van der Waals surface area contributed by atoms with E-state index in [9.17, 15) is 9.50 Å². The number of rotatable bonds is 4. The van der Waals surface area contributed by atoms with Crippen LogP contribution in [0.5, 0.6) is 5.75 Å². The topological polar surface area (TPSA) is 29.5 Å². The fraction of sp³-hybridized carbons (Fsp3) is 0.273. The highest BCUT2D eigenvalue weighted by molar-refractivity contribution is 9.11. The highest BCUT2D eigenvalue weighted by atomic mass is 79.9. The van der Waals surface area contributed by atoms with Crippen LogP contribution in [0.2, 0.25) is 0 Å². The summed E-state index contributed by atoms with van der Waals surface area (Å²) in [4.78, 5) is 0. The molecule has 0 bridgehead atoms. The summed E-state index contributed by atoms with van der Waals surface area (Å²) < 4.78 is 18.9. The molecule has 0 amide bonds. The molecule has 0 aliphatic rings. The van der Waals surface area contributed by atoms with Crippen molar-refractivity contribution in [2.24, 2.45) is 0 Å². The third-order valence-electron chi connectivity index (χ3n) is 1.81. The smallest absolute Gasteiger partial charge is 0.128 e. The van der Waals surface area contributed by atoms with E-state index in [-0.39, 0.29) is 6.61 Å². The van der Waals surface area contributed by atoms with Gasteiger partial charge in [0.2, 0.25) is 0 Å². The predicted octanol–water partition coefficient (Wildman–Crippen LogP) is 3.17. The molecular weight excluding hydrogens is 263 g/mol. The maximum absolute atomic E-state index is 12.9. The second-order valence-corrected chi connectivity index (χ2v) is 4.29. The van der Waals surface area contributed by atoms with E-state index in [1.165, 1.54) is 18.2 Å². The van der Waals surface area contributed by atoms with Crippen molar-refractivity contribution in [3.8, 4) is 5.75 Å². The Hall–Kier alpha value is -0.870. The Bertz CT molecular complexity index is 364. The zero-order valence-electron chi connectivity index (χ0n) is 8.34. The first kappa shape index (κ1) is 12.2. The summed E-state index contributed by atoms with van der Waals surface area (Å²) in [5, 5.41) is 9.42. The summed E-state index contributed by atoms with van der Waals surface area (Å²) >= 11 is 3.14. The van der Waals surface area contributed by atoms with Gasteiger partial charge in [-0.2, -0.15) is 0 Å². The highest BCUT2D eigenvalue weighted by Gasteiger charge is 2.10. The van der Waals surface area contributed by atoms with Gasteiger partial charge in [0.15, 0.2) is 0 Å². The predicted molar refractivity (Wildman–Crippen MR) is 60.6 cm³/mol. The van der Waals surface area contributed by atoms with E-state index >= 15 is 0 Å². The number of ether oxygens (including phenoxy) is 1. The number of hydrogen-bond donors (Lipinski definition) is 1. The Balaban J connectivity index is 2.91. The molecule has 1 N–H and O–H groups in total. The molecule has 2 nitrogen and oxygen atoms in total. The van der Waals surface area contributed by atoms with Crippen molar-refractivity contribution < 1.29 is 14.2 Å². The molecule has 0 saturated heterocycles. The van der Waals surface area contributed by atoms with Crippen molar-refractivity contribution in [1.29, 1.82) is 0 Å². The van der Waals surface area contributed by atoms with Crippen LogP contribution in [-0.2, 0) is 0 Å². The van der Waals surface area contributed by atoms with Crippen molar-refractivity contribution in [1.82, 2.24) is 0 Å². The van der Waals surface area contributed by atoms with Crippen LogP contribution in [0.1, 0.15) is 18.6 Å². The first-order chi connectivity index (χ1) is 7.00. The highest BCUT2D eigenvalue weighted by Crippen LogP contribution is 2.26. The van der Waals surface area contributed by atoms with Crippen LogP contribution in [0, 0.1) is 5.82 Å². The van der Waals surface area contributed by atoms with E-state index in [1.54, 1.807) is 6.92 Å². The molecule has 1 aromatic rings. The lowest BCUT2D eigenvalue weighted by atomic mass is 10.1. The fourth-order valence-corrected chi connectivity index (χ4v) is 1.25.